The van der Waals surface area contributed by atoms with E-state index in [1.165, 1.54) is 4.31 Å². The van der Waals surface area contributed by atoms with Gasteiger partial charge < -0.3 is 0 Å². The molecular formula is C14H20N4O2S. The molecule has 2 aromatic heterocycles. The lowest BCUT2D eigenvalue weighted by Gasteiger charge is -2.17. The lowest BCUT2D eigenvalue weighted by molar-refractivity contribution is 0.471. The van der Waals surface area contributed by atoms with E-state index >= 15 is 0 Å². The highest BCUT2D eigenvalue weighted by atomic mass is 32.2. The summed E-state index contributed by atoms with van der Waals surface area (Å²) in [5.41, 5.74) is 2.25. The van der Waals surface area contributed by atoms with Crippen molar-refractivity contribution in [2.45, 2.75) is 25.2 Å². The highest BCUT2D eigenvalue weighted by Gasteiger charge is 2.27. The molecule has 21 heavy (non-hydrogen) atoms. The van der Waals surface area contributed by atoms with E-state index < -0.39 is 10.0 Å². The molecule has 0 atom stereocenters. The first-order valence-corrected chi connectivity index (χ1v) is 8.13. The maximum absolute atomic E-state index is 12.7. The fourth-order valence-corrected chi connectivity index (χ4v) is 3.80. The molecule has 2 aromatic rings. The number of hydrogen-bond acceptors (Lipinski definition) is 4. The largest absolute Gasteiger partial charge is 0.271 e. The second-order valence-electron chi connectivity index (χ2n) is 5.06. The van der Waals surface area contributed by atoms with Crippen LogP contribution in [0.2, 0.25) is 0 Å². The molecule has 6 nitrogen and oxygen atoms in total. The Morgan fingerprint density at radius 2 is 1.86 bits per heavy atom. The normalized spacial score (nSPS) is 12.0. The Morgan fingerprint density at radius 3 is 2.38 bits per heavy atom. The van der Waals surface area contributed by atoms with E-state index in [9.17, 15) is 8.42 Å². The third kappa shape index (κ3) is 3.14. The summed E-state index contributed by atoms with van der Waals surface area (Å²) in [5, 5.41) is 4.18. The van der Waals surface area contributed by atoms with Crippen LogP contribution in [0.5, 0.6) is 0 Å². The van der Waals surface area contributed by atoms with Gasteiger partial charge in [-0.2, -0.15) is 5.10 Å². The van der Waals surface area contributed by atoms with Crippen LogP contribution < -0.4 is 0 Å². The van der Waals surface area contributed by atoms with Crippen LogP contribution in [-0.2, 0) is 23.5 Å². The molecule has 0 unspecified atom stereocenters. The number of aryl methyl sites for hydroxylation is 2. The minimum atomic E-state index is -3.52. The van der Waals surface area contributed by atoms with Crippen molar-refractivity contribution >= 4 is 10.0 Å². The molecule has 0 aliphatic carbocycles. The lowest BCUT2D eigenvalue weighted by atomic mass is 10.2. The number of hydrogen-bond donors (Lipinski definition) is 0. The van der Waals surface area contributed by atoms with Gasteiger partial charge in [-0.1, -0.05) is 0 Å². The summed E-state index contributed by atoms with van der Waals surface area (Å²) >= 11 is 0. The van der Waals surface area contributed by atoms with Crippen molar-refractivity contribution in [3.8, 4) is 0 Å². The molecule has 2 rings (SSSR count). The molecule has 0 fully saturated rings. The molecule has 0 aliphatic heterocycles. The van der Waals surface area contributed by atoms with Crippen LogP contribution in [0.1, 0.15) is 17.0 Å². The predicted octanol–water partition coefficient (Wildman–Crippen LogP) is 1.30. The van der Waals surface area contributed by atoms with Gasteiger partial charge >= 0.3 is 0 Å². The Kier molecular flexibility index (Phi) is 4.43. The van der Waals surface area contributed by atoms with Crippen molar-refractivity contribution in [1.29, 1.82) is 0 Å². The molecule has 7 heteroatoms. The third-order valence-electron chi connectivity index (χ3n) is 3.58. The fraction of sp³-hybridized carbons (Fsp3) is 0.429. The maximum atomic E-state index is 12.7. The molecule has 0 N–H and O–H groups in total. The van der Waals surface area contributed by atoms with E-state index in [4.69, 9.17) is 0 Å². The van der Waals surface area contributed by atoms with Crippen molar-refractivity contribution < 1.29 is 8.42 Å². The van der Waals surface area contributed by atoms with Gasteiger partial charge in [-0.25, -0.2) is 12.7 Å². The first kappa shape index (κ1) is 15.7. The zero-order valence-corrected chi connectivity index (χ0v) is 13.6. The second-order valence-corrected chi connectivity index (χ2v) is 7.04. The molecule has 0 bridgehead atoms. The van der Waals surface area contributed by atoms with Gasteiger partial charge in [-0.05, 0) is 38.0 Å². The predicted molar refractivity (Wildman–Crippen MR) is 80.4 cm³/mol. The van der Waals surface area contributed by atoms with Crippen LogP contribution in [0.3, 0.4) is 0 Å². The maximum Gasteiger partial charge on any atom is 0.246 e. The first-order valence-electron chi connectivity index (χ1n) is 6.69. The summed E-state index contributed by atoms with van der Waals surface area (Å²) in [5.74, 6) is 0. The summed E-state index contributed by atoms with van der Waals surface area (Å²) in [7, 11) is -0.167. The average Bonchev–Trinajstić information content (AvgIpc) is 2.71. The van der Waals surface area contributed by atoms with Gasteiger partial charge in [0.2, 0.25) is 10.0 Å². The number of pyridine rings is 1. The summed E-state index contributed by atoms with van der Waals surface area (Å²) < 4.78 is 28.3. The molecule has 2 heterocycles. The molecule has 0 radical (unpaired) electrons. The van der Waals surface area contributed by atoms with E-state index in [0.29, 0.717) is 29.2 Å². The molecule has 0 saturated heterocycles. The van der Waals surface area contributed by atoms with Crippen LogP contribution in [-0.4, -0.2) is 41.1 Å². The average molecular weight is 308 g/mol. The van der Waals surface area contributed by atoms with E-state index in [1.807, 2.05) is 12.1 Å². The number of sulfonamides is 1. The van der Waals surface area contributed by atoms with Gasteiger partial charge in [0.15, 0.2) is 0 Å². The van der Waals surface area contributed by atoms with Crippen LogP contribution in [0.25, 0.3) is 0 Å². The van der Waals surface area contributed by atoms with Gasteiger partial charge in [0.1, 0.15) is 4.90 Å². The number of likely N-dealkylation sites (N-methyl/N-ethyl adjacent to an activating group) is 1. The molecule has 0 amide bonds. The molecule has 114 valence electrons. The van der Waals surface area contributed by atoms with Gasteiger partial charge in [0.05, 0.1) is 11.4 Å². The topological polar surface area (TPSA) is 68.1 Å². The summed E-state index contributed by atoms with van der Waals surface area (Å²) in [6.45, 7) is 3.90. The quantitative estimate of drug-likeness (QED) is 0.835. The van der Waals surface area contributed by atoms with Crippen LogP contribution >= 0.6 is 0 Å². The zero-order valence-electron chi connectivity index (χ0n) is 12.7. The first-order chi connectivity index (χ1) is 9.84. The Bertz CT molecular complexity index is 723. The minimum Gasteiger partial charge on any atom is -0.271 e. The van der Waals surface area contributed by atoms with Gasteiger partial charge in [0, 0.05) is 33.0 Å². The Balaban J connectivity index is 2.19. The standard InChI is InChI=1S/C14H20N4O2S/c1-11-14(12(2)18(4)16-11)21(19,20)17(3)10-7-13-5-8-15-9-6-13/h5-6,8-9H,7,10H2,1-4H3. The van der Waals surface area contributed by atoms with Crippen molar-refractivity contribution in [3.63, 3.8) is 0 Å². The summed E-state index contributed by atoms with van der Waals surface area (Å²) in [6, 6.07) is 3.78. The monoisotopic (exact) mass is 308 g/mol. The van der Waals surface area contributed by atoms with Crippen LogP contribution in [0, 0.1) is 13.8 Å². The number of nitrogens with zero attached hydrogens (tertiary/aromatic N) is 4. The Labute approximate surface area is 125 Å². The molecule has 0 aliphatic rings. The van der Waals surface area contributed by atoms with E-state index in [2.05, 4.69) is 10.1 Å². The molecule has 0 spiro atoms. The molecular weight excluding hydrogens is 288 g/mol. The highest BCUT2D eigenvalue weighted by molar-refractivity contribution is 7.89. The van der Waals surface area contributed by atoms with Gasteiger partial charge in [-0.3, -0.25) is 9.67 Å². The lowest BCUT2D eigenvalue weighted by Crippen LogP contribution is -2.29. The van der Waals surface area contributed by atoms with Crippen molar-refractivity contribution in [1.82, 2.24) is 19.1 Å². The summed E-state index contributed by atoms with van der Waals surface area (Å²) in [6.07, 6.45) is 4.06. The zero-order chi connectivity index (χ0) is 15.6. The van der Waals surface area contributed by atoms with Crippen LogP contribution in [0.4, 0.5) is 0 Å². The minimum absolute atomic E-state index is 0.308. The molecule has 0 saturated carbocycles. The van der Waals surface area contributed by atoms with E-state index in [0.717, 1.165) is 5.56 Å². The SMILES string of the molecule is Cc1nn(C)c(C)c1S(=O)(=O)N(C)CCc1ccncc1. The van der Waals surface area contributed by atoms with Crippen molar-refractivity contribution in [2.75, 3.05) is 13.6 Å². The van der Waals surface area contributed by atoms with Crippen LogP contribution in [0.15, 0.2) is 29.4 Å². The van der Waals surface area contributed by atoms with Crippen molar-refractivity contribution in [3.05, 3.63) is 41.5 Å². The highest BCUT2D eigenvalue weighted by Crippen LogP contribution is 2.22. The van der Waals surface area contributed by atoms with E-state index in [-0.39, 0.29) is 0 Å². The second kappa shape index (κ2) is 5.95. The number of rotatable bonds is 5. The Hall–Kier alpha value is -1.73. The van der Waals surface area contributed by atoms with Crippen molar-refractivity contribution in [2.24, 2.45) is 7.05 Å². The van der Waals surface area contributed by atoms with Gasteiger partial charge in [0.25, 0.3) is 0 Å². The molecule has 0 aromatic carbocycles. The third-order valence-corrected chi connectivity index (χ3v) is 5.69. The van der Waals surface area contributed by atoms with Gasteiger partial charge in [-0.15, -0.1) is 0 Å². The van der Waals surface area contributed by atoms with E-state index in [1.54, 1.807) is 45.0 Å². The fourth-order valence-electron chi connectivity index (χ4n) is 2.24. The Morgan fingerprint density at radius 1 is 1.24 bits per heavy atom. The summed E-state index contributed by atoms with van der Waals surface area (Å²) in [4.78, 5) is 4.26. The number of aromatic nitrogens is 3. The smallest absolute Gasteiger partial charge is 0.246 e.